The largest absolute Gasteiger partial charge is 0.304 e. The molecular weight excluding hydrogens is 344 g/mol. The molecule has 0 aromatic carbocycles. The van der Waals surface area contributed by atoms with E-state index in [2.05, 4.69) is 6.92 Å². The van der Waals surface area contributed by atoms with E-state index >= 15 is 0 Å². The van der Waals surface area contributed by atoms with E-state index in [-0.39, 0.29) is 0 Å². The van der Waals surface area contributed by atoms with E-state index in [1.807, 2.05) is 0 Å². The first-order valence-corrected chi connectivity index (χ1v) is 12.5. The molecule has 1 unspecified atom stereocenters. The molecule has 0 aromatic rings. The second-order valence-corrected chi connectivity index (χ2v) is 8.94. The Balaban J connectivity index is 1.74. The van der Waals surface area contributed by atoms with Crippen molar-refractivity contribution in [3.63, 3.8) is 0 Å². The van der Waals surface area contributed by atoms with E-state index in [0.29, 0.717) is 19.1 Å². The standard InChI is InChI=1S/C22H44O3S/c1-2-3-4-5-6-7-8-9-10-11-12-13-17-20-24-26(23)25-21-22-18-15-14-16-19-22/h22H,2-21H2,1H3. The molecule has 3 nitrogen and oxygen atoms in total. The average molecular weight is 389 g/mol. The quantitative estimate of drug-likeness (QED) is 0.232. The molecular formula is C22H44O3S. The summed E-state index contributed by atoms with van der Waals surface area (Å²) < 4.78 is 22.3. The molecule has 0 amide bonds. The molecule has 0 radical (unpaired) electrons. The van der Waals surface area contributed by atoms with Crippen molar-refractivity contribution < 1.29 is 12.6 Å². The van der Waals surface area contributed by atoms with Gasteiger partial charge in [0.25, 0.3) is 0 Å². The van der Waals surface area contributed by atoms with Gasteiger partial charge in [-0.2, -0.15) is 4.21 Å². The van der Waals surface area contributed by atoms with Crippen LogP contribution in [0, 0.1) is 5.92 Å². The molecule has 1 fully saturated rings. The fraction of sp³-hybridized carbons (Fsp3) is 1.00. The van der Waals surface area contributed by atoms with E-state index in [4.69, 9.17) is 8.37 Å². The SMILES string of the molecule is CCCCCCCCCCCCCCCOS(=O)OCC1CCCCC1. The van der Waals surface area contributed by atoms with E-state index in [0.717, 1.165) is 6.42 Å². The van der Waals surface area contributed by atoms with Crippen molar-refractivity contribution in [2.24, 2.45) is 5.92 Å². The molecule has 4 heteroatoms. The zero-order valence-electron chi connectivity index (χ0n) is 17.4. The van der Waals surface area contributed by atoms with Crippen molar-refractivity contribution in [2.45, 2.75) is 122 Å². The topological polar surface area (TPSA) is 35.5 Å². The molecule has 0 heterocycles. The fourth-order valence-electron chi connectivity index (χ4n) is 3.79. The van der Waals surface area contributed by atoms with Crippen LogP contribution in [-0.2, 0) is 19.7 Å². The summed E-state index contributed by atoms with van der Waals surface area (Å²) in [7, 11) is 0. The van der Waals surface area contributed by atoms with Crippen LogP contribution in [0.4, 0.5) is 0 Å². The molecule has 1 aliphatic rings. The van der Waals surface area contributed by atoms with Gasteiger partial charge in [-0.1, -0.05) is 103 Å². The molecule has 1 saturated carbocycles. The Morgan fingerprint density at radius 2 is 1.19 bits per heavy atom. The first-order chi connectivity index (χ1) is 12.8. The second kappa shape index (κ2) is 18.4. The molecule has 0 aromatic heterocycles. The average Bonchev–Trinajstić information content (AvgIpc) is 2.67. The van der Waals surface area contributed by atoms with Crippen molar-refractivity contribution in [1.82, 2.24) is 0 Å². The van der Waals surface area contributed by atoms with Gasteiger partial charge in [-0.25, -0.2) is 0 Å². The Bertz CT molecular complexity index is 317. The Morgan fingerprint density at radius 1 is 0.692 bits per heavy atom. The molecule has 0 aliphatic heterocycles. The van der Waals surface area contributed by atoms with Gasteiger partial charge in [0, 0.05) is 0 Å². The summed E-state index contributed by atoms with van der Waals surface area (Å²) in [5, 5.41) is 0. The molecule has 1 aliphatic carbocycles. The highest BCUT2D eigenvalue weighted by atomic mass is 32.2. The normalized spacial score (nSPS) is 16.8. The van der Waals surface area contributed by atoms with Crippen LogP contribution >= 0.6 is 0 Å². The van der Waals surface area contributed by atoms with E-state index in [9.17, 15) is 4.21 Å². The van der Waals surface area contributed by atoms with Crippen molar-refractivity contribution in [3.8, 4) is 0 Å². The summed E-state index contributed by atoms with van der Waals surface area (Å²) in [6.45, 7) is 3.44. The van der Waals surface area contributed by atoms with Gasteiger partial charge >= 0.3 is 11.4 Å². The maximum atomic E-state index is 11.7. The minimum atomic E-state index is -1.54. The first kappa shape index (κ1) is 24.1. The van der Waals surface area contributed by atoms with Crippen LogP contribution in [0.5, 0.6) is 0 Å². The van der Waals surface area contributed by atoms with E-state index < -0.39 is 11.4 Å². The van der Waals surface area contributed by atoms with Gasteiger partial charge in [0.2, 0.25) is 0 Å². The van der Waals surface area contributed by atoms with Crippen LogP contribution < -0.4 is 0 Å². The molecule has 0 N–H and O–H groups in total. The van der Waals surface area contributed by atoms with E-state index in [1.54, 1.807) is 0 Å². The van der Waals surface area contributed by atoms with Crippen LogP contribution in [-0.4, -0.2) is 17.4 Å². The summed E-state index contributed by atoms with van der Waals surface area (Å²) in [5.74, 6) is 0.590. The lowest BCUT2D eigenvalue weighted by atomic mass is 9.90. The van der Waals surface area contributed by atoms with Gasteiger partial charge in [0.05, 0.1) is 13.2 Å². The van der Waals surface area contributed by atoms with Gasteiger partial charge in [-0.15, -0.1) is 0 Å². The molecule has 0 bridgehead atoms. The third-order valence-corrected chi connectivity index (χ3v) is 6.24. The molecule has 26 heavy (non-hydrogen) atoms. The van der Waals surface area contributed by atoms with Crippen LogP contribution in [0.25, 0.3) is 0 Å². The minimum Gasteiger partial charge on any atom is -0.268 e. The monoisotopic (exact) mass is 388 g/mol. The predicted molar refractivity (Wildman–Crippen MR) is 112 cm³/mol. The lowest BCUT2D eigenvalue weighted by Gasteiger charge is -2.20. The molecule has 1 atom stereocenters. The zero-order chi connectivity index (χ0) is 18.7. The smallest absolute Gasteiger partial charge is 0.268 e. The summed E-state index contributed by atoms with van der Waals surface area (Å²) in [6, 6.07) is 0. The highest BCUT2D eigenvalue weighted by Crippen LogP contribution is 2.24. The lowest BCUT2D eigenvalue weighted by molar-refractivity contribution is 0.189. The van der Waals surface area contributed by atoms with E-state index in [1.165, 1.54) is 109 Å². The third-order valence-electron chi connectivity index (χ3n) is 5.55. The van der Waals surface area contributed by atoms with Crippen LogP contribution in [0.1, 0.15) is 122 Å². The highest BCUT2D eigenvalue weighted by Gasteiger charge is 2.15. The van der Waals surface area contributed by atoms with Crippen LogP contribution in [0.15, 0.2) is 0 Å². The molecule has 1 rings (SSSR count). The second-order valence-electron chi connectivity index (χ2n) is 8.06. The van der Waals surface area contributed by atoms with Gasteiger partial charge in [-0.05, 0) is 25.2 Å². The Kier molecular flexibility index (Phi) is 17.1. The summed E-state index contributed by atoms with van der Waals surface area (Å²) in [6.07, 6.45) is 23.8. The van der Waals surface area contributed by atoms with Crippen LogP contribution in [0.2, 0.25) is 0 Å². The van der Waals surface area contributed by atoms with Gasteiger partial charge < -0.3 is 0 Å². The molecule has 156 valence electrons. The third kappa shape index (κ3) is 15.2. The number of hydrogen-bond donors (Lipinski definition) is 0. The summed E-state index contributed by atoms with van der Waals surface area (Å²) in [4.78, 5) is 0. The van der Waals surface area contributed by atoms with Crippen molar-refractivity contribution in [1.29, 1.82) is 0 Å². The van der Waals surface area contributed by atoms with Gasteiger partial charge in [0.15, 0.2) is 0 Å². The van der Waals surface area contributed by atoms with Gasteiger partial charge in [-0.3, -0.25) is 8.37 Å². The molecule has 0 spiro atoms. The first-order valence-electron chi connectivity index (χ1n) is 11.5. The minimum absolute atomic E-state index is 0.565. The van der Waals surface area contributed by atoms with Gasteiger partial charge in [0.1, 0.15) is 0 Å². The van der Waals surface area contributed by atoms with Crippen molar-refractivity contribution in [3.05, 3.63) is 0 Å². The Labute approximate surface area is 165 Å². The predicted octanol–water partition coefficient (Wildman–Crippen LogP) is 7.27. The number of rotatable bonds is 18. The molecule has 0 saturated heterocycles. The Morgan fingerprint density at radius 3 is 1.73 bits per heavy atom. The van der Waals surface area contributed by atoms with Crippen molar-refractivity contribution in [2.75, 3.05) is 13.2 Å². The lowest BCUT2D eigenvalue weighted by Crippen LogP contribution is -2.15. The summed E-state index contributed by atoms with van der Waals surface area (Å²) in [5.41, 5.74) is 0. The van der Waals surface area contributed by atoms with Crippen molar-refractivity contribution >= 4 is 11.4 Å². The van der Waals surface area contributed by atoms with Crippen LogP contribution in [0.3, 0.4) is 0 Å². The maximum absolute atomic E-state index is 11.7. The highest BCUT2D eigenvalue weighted by molar-refractivity contribution is 7.75. The zero-order valence-corrected chi connectivity index (χ0v) is 18.2. The number of unbranched alkanes of at least 4 members (excludes halogenated alkanes) is 12. The summed E-state index contributed by atoms with van der Waals surface area (Å²) >= 11 is -1.54. The fourth-order valence-corrected chi connectivity index (χ4v) is 4.41. The Hall–Kier alpha value is 0.0700. The number of hydrogen-bond acceptors (Lipinski definition) is 3. The maximum Gasteiger partial charge on any atom is 0.304 e.